The van der Waals surface area contributed by atoms with Crippen molar-refractivity contribution in [3.05, 3.63) is 29.3 Å². The van der Waals surface area contributed by atoms with E-state index in [0.717, 1.165) is 25.3 Å². The number of ether oxygens (including phenoxy) is 1. The molecule has 2 rings (SSSR count). The highest BCUT2D eigenvalue weighted by molar-refractivity contribution is 5.40. The molecule has 94 valence electrons. The summed E-state index contributed by atoms with van der Waals surface area (Å²) in [5.74, 6) is 1.00. The molecule has 0 fully saturated rings. The van der Waals surface area contributed by atoms with Crippen LogP contribution < -0.4 is 10.1 Å². The molecule has 1 aliphatic carbocycles. The minimum atomic E-state index is 0.529. The molecule has 1 aromatic carbocycles. The van der Waals surface area contributed by atoms with Crippen molar-refractivity contribution in [1.82, 2.24) is 10.2 Å². The van der Waals surface area contributed by atoms with Gasteiger partial charge in [-0.1, -0.05) is 6.07 Å². The smallest absolute Gasteiger partial charge is 0.119 e. The van der Waals surface area contributed by atoms with Crippen LogP contribution in [-0.4, -0.2) is 39.2 Å². The molecule has 0 radical (unpaired) electrons. The number of aryl methyl sites for hydroxylation is 1. The van der Waals surface area contributed by atoms with Crippen LogP contribution in [0.4, 0.5) is 0 Å². The summed E-state index contributed by atoms with van der Waals surface area (Å²) in [6.07, 6.45) is 2.36. The Hall–Kier alpha value is -1.06. The quantitative estimate of drug-likeness (QED) is 0.841. The Morgan fingerprint density at radius 1 is 1.41 bits per heavy atom. The minimum absolute atomic E-state index is 0.529. The molecule has 0 aromatic heterocycles. The molecule has 17 heavy (non-hydrogen) atoms. The molecule has 0 bridgehead atoms. The number of hydrogen-bond donors (Lipinski definition) is 1. The van der Waals surface area contributed by atoms with Crippen LogP contribution in [0.3, 0.4) is 0 Å². The first-order valence-electron chi connectivity index (χ1n) is 6.28. The number of nitrogens with one attached hydrogen (secondary N) is 1. The fraction of sp³-hybridized carbons (Fsp3) is 0.571. The van der Waals surface area contributed by atoms with Crippen molar-refractivity contribution in [3.63, 3.8) is 0 Å². The standard InChI is InChI=1S/C14H22N2O/c1-15-14-7-4-11-10-12(5-6-13(11)14)17-9-8-16(2)3/h5-6,10,14-15H,4,7-9H2,1-3H3. The Labute approximate surface area is 104 Å². The van der Waals surface area contributed by atoms with Gasteiger partial charge in [-0.05, 0) is 57.2 Å². The largest absolute Gasteiger partial charge is 0.492 e. The van der Waals surface area contributed by atoms with Crippen molar-refractivity contribution < 1.29 is 4.74 Å². The first kappa shape index (κ1) is 12.4. The lowest BCUT2D eigenvalue weighted by Gasteiger charge is -2.13. The highest BCUT2D eigenvalue weighted by Crippen LogP contribution is 2.33. The summed E-state index contributed by atoms with van der Waals surface area (Å²) in [4.78, 5) is 2.13. The summed E-state index contributed by atoms with van der Waals surface area (Å²) in [5.41, 5.74) is 2.87. The van der Waals surface area contributed by atoms with Gasteiger partial charge in [0.2, 0.25) is 0 Å². The normalized spacial score (nSPS) is 18.5. The third-order valence-corrected chi connectivity index (χ3v) is 3.35. The van der Waals surface area contributed by atoms with E-state index in [9.17, 15) is 0 Å². The summed E-state index contributed by atoms with van der Waals surface area (Å²) in [7, 11) is 6.15. The van der Waals surface area contributed by atoms with Crippen molar-refractivity contribution >= 4 is 0 Å². The Morgan fingerprint density at radius 2 is 2.24 bits per heavy atom. The van der Waals surface area contributed by atoms with E-state index in [2.05, 4.69) is 42.5 Å². The van der Waals surface area contributed by atoms with Gasteiger partial charge in [0.05, 0.1) is 0 Å². The van der Waals surface area contributed by atoms with E-state index in [1.807, 2.05) is 7.05 Å². The fourth-order valence-electron chi connectivity index (χ4n) is 2.33. The molecule has 1 unspecified atom stereocenters. The number of nitrogens with zero attached hydrogens (tertiary/aromatic N) is 1. The molecule has 0 saturated carbocycles. The number of likely N-dealkylation sites (N-methyl/N-ethyl adjacent to an activating group) is 1. The van der Waals surface area contributed by atoms with E-state index >= 15 is 0 Å². The second-order valence-electron chi connectivity index (χ2n) is 4.89. The topological polar surface area (TPSA) is 24.5 Å². The summed E-state index contributed by atoms with van der Waals surface area (Å²) in [5, 5.41) is 3.35. The predicted molar refractivity (Wildman–Crippen MR) is 70.6 cm³/mol. The molecule has 1 N–H and O–H groups in total. The molecular weight excluding hydrogens is 212 g/mol. The molecule has 0 saturated heterocycles. The highest BCUT2D eigenvalue weighted by Gasteiger charge is 2.20. The second-order valence-corrected chi connectivity index (χ2v) is 4.89. The molecular formula is C14H22N2O. The van der Waals surface area contributed by atoms with E-state index in [1.54, 1.807) is 0 Å². The Kier molecular flexibility index (Phi) is 4.02. The van der Waals surface area contributed by atoms with E-state index in [-0.39, 0.29) is 0 Å². The maximum atomic E-state index is 5.75. The molecule has 0 aliphatic heterocycles. The first-order valence-corrected chi connectivity index (χ1v) is 6.28. The van der Waals surface area contributed by atoms with Crippen molar-refractivity contribution in [1.29, 1.82) is 0 Å². The third-order valence-electron chi connectivity index (χ3n) is 3.35. The van der Waals surface area contributed by atoms with Gasteiger partial charge in [0.25, 0.3) is 0 Å². The van der Waals surface area contributed by atoms with Crippen LogP contribution in [-0.2, 0) is 6.42 Å². The molecule has 1 aliphatic rings. The number of rotatable bonds is 5. The van der Waals surface area contributed by atoms with E-state index in [1.165, 1.54) is 17.5 Å². The SMILES string of the molecule is CNC1CCc2cc(OCCN(C)C)ccc21. The van der Waals surface area contributed by atoms with Gasteiger partial charge in [-0.2, -0.15) is 0 Å². The van der Waals surface area contributed by atoms with Crippen LogP contribution >= 0.6 is 0 Å². The summed E-state index contributed by atoms with van der Waals surface area (Å²) in [6, 6.07) is 7.02. The van der Waals surface area contributed by atoms with Crippen LogP contribution in [0.15, 0.2) is 18.2 Å². The van der Waals surface area contributed by atoms with Crippen LogP contribution in [0.25, 0.3) is 0 Å². The van der Waals surface area contributed by atoms with E-state index in [0.29, 0.717) is 6.04 Å². The van der Waals surface area contributed by atoms with Crippen molar-refractivity contribution in [2.75, 3.05) is 34.3 Å². The van der Waals surface area contributed by atoms with Gasteiger partial charge in [-0.15, -0.1) is 0 Å². The molecule has 3 nitrogen and oxygen atoms in total. The zero-order chi connectivity index (χ0) is 12.3. The van der Waals surface area contributed by atoms with Crippen LogP contribution in [0.2, 0.25) is 0 Å². The summed E-state index contributed by atoms with van der Waals surface area (Å²) < 4.78 is 5.75. The molecule has 0 amide bonds. The monoisotopic (exact) mass is 234 g/mol. The van der Waals surface area contributed by atoms with Crippen LogP contribution in [0.5, 0.6) is 5.75 Å². The number of hydrogen-bond acceptors (Lipinski definition) is 3. The second kappa shape index (κ2) is 5.52. The minimum Gasteiger partial charge on any atom is -0.492 e. The van der Waals surface area contributed by atoms with Gasteiger partial charge in [-0.25, -0.2) is 0 Å². The molecule has 3 heteroatoms. The van der Waals surface area contributed by atoms with Gasteiger partial charge < -0.3 is 15.0 Å². The molecule has 1 aromatic rings. The molecule has 1 atom stereocenters. The van der Waals surface area contributed by atoms with E-state index in [4.69, 9.17) is 4.74 Å². The van der Waals surface area contributed by atoms with E-state index < -0.39 is 0 Å². The average Bonchev–Trinajstić information content (AvgIpc) is 2.70. The fourth-order valence-corrected chi connectivity index (χ4v) is 2.33. The zero-order valence-corrected chi connectivity index (χ0v) is 11.0. The lowest BCUT2D eigenvalue weighted by Crippen LogP contribution is -2.19. The molecule has 0 spiro atoms. The van der Waals surface area contributed by atoms with Gasteiger partial charge >= 0.3 is 0 Å². The van der Waals surface area contributed by atoms with Crippen molar-refractivity contribution in [2.24, 2.45) is 0 Å². The maximum absolute atomic E-state index is 5.75. The third kappa shape index (κ3) is 2.99. The summed E-state index contributed by atoms with van der Waals surface area (Å²) in [6.45, 7) is 1.71. The van der Waals surface area contributed by atoms with Crippen molar-refractivity contribution in [2.45, 2.75) is 18.9 Å². The predicted octanol–water partition coefficient (Wildman–Crippen LogP) is 1.83. The van der Waals surface area contributed by atoms with Gasteiger partial charge in [0.1, 0.15) is 12.4 Å². The zero-order valence-electron chi connectivity index (χ0n) is 11.0. The van der Waals surface area contributed by atoms with Crippen molar-refractivity contribution in [3.8, 4) is 5.75 Å². The summed E-state index contributed by atoms with van der Waals surface area (Å²) >= 11 is 0. The highest BCUT2D eigenvalue weighted by atomic mass is 16.5. The number of benzene rings is 1. The Morgan fingerprint density at radius 3 is 2.94 bits per heavy atom. The Balaban J connectivity index is 1.98. The number of fused-ring (bicyclic) bond motifs is 1. The Bertz CT molecular complexity index is 376. The van der Waals surface area contributed by atoms with Gasteiger partial charge in [0.15, 0.2) is 0 Å². The first-order chi connectivity index (χ1) is 8.20. The van der Waals surface area contributed by atoms with Gasteiger partial charge in [-0.3, -0.25) is 0 Å². The lowest BCUT2D eigenvalue weighted by molar-refractivity contribution is 0.261. The maximum Gasteiger partial charge on any atom is 0.119 e. The van der Waals surface area contributed by atoms with Gasteiger partial charge in [0, 0.05) is 12.6 Å². The molecule has 0 heterocycles. The average molecular weight is 234 g/mol. The van der Waals surface area contributed by atoms with Crippen LogP contribution in [0, 0.1) is 0 Å². The lowest BCUT2D eigenvalue weighted by atomic mass is 10.1. The van der Waals surface area contributed by atoms with Crippen LogP contribution in [0.1, 0.15) is 23.6 Å².